The Hall–Kier alpha value is -0.150. The van der Waals surface area contributed by atoms with Crippen molar-refractivity contribution in [3.05, 3.63) is 0 Å². The molecule has 0 amide bonds. The van der Waals surface area contributed by atoms with Crippen molar-refractivity contribution in [1.82, 2.24) is 0 Å². The standard InChI is InChI=1S/C19H35FO2/c1-14(2)16-10-17(4,5)22-18(6,11-16)8-7-15(3)9-19(20)12-21-13-19/h14-16H,7-13H2,1-6H3. The van der Waals surface area contributed by atoms with E-state index in [1.165, 1.54) is 0 Å². The van der Waals surface area contributed by atoms with Gasteiger partial charge in [-0.3, -0.25) is 0 Å². The Morgan fingerprint density at radius 1 is 1.09 bits per heavy atom. The summed E-state index contributed by atoms with van der Waals surface area (Å²) >= 11 is 0. The number of hydrogen-bond donors (Lipinski definition) is 0. The summed E-state index contributed by atoms with van der Waals surface area (Å²) in [5, 5.41) is 0. The molecule has 2 rings (SSSR count). The second-order valence-corrected chi connectivity index (χ2v) is 9.22. The van der Waals surface area contributed by atoms with Crippen LogP contribution in [-0.4, -0.2) is 30.1 Å². The maximum atomic E-state index is 14.2. The molecule has 0 aromatic heterocycles. The molecule has 0 bridgehead atoms. The summed E-state index contributed by atoms with van der Waals surface area (Å²) in [6, 6.07) is 0. The maximum Gasteiger partial charge on any atom is 0.157 e. The number of ether oxygens (including phenoxy) is 2. The predicted molar refractivity (Wildman–Crippen MR) is 88.8 cm³/mol. The molecule has 2 nitrogen and oxygen atoms in total. The zero-order valence-electron chi connectivity index (χ0n) is 15.4. The molecule has 2 aliphatic heterocycles. The molecule has 2 heterocycles. The van der Waals surface area contributed by atoms with Crippen LogP contribution in [0.2, 0.25) is 0 Å². The lowest BCUT2D eigenvalue weighted by Gasteiger charge is -2.49. The SMILES string of the molecule is CC(CCC1(C)CC(C(C)C)CC(C)(C)O1)CC1(F)COC1. The molecule has 22 heavy (non-hydrogen) atoms. The summed E-state index contributed by atoms with van der Waals surface area (Å²) in [6.45, 7) is 14.1. The lowest BCUT2D eigenvalue weighted by Crippen LogP contribution is -2.49. The van der Waals surface area contributed by atoms with Crippen molar-refractivity contribution >= 4 is 0 Å². The Bertz CT molecular complexity index is 376. The number of alkyl halides is 1. The van der Waals surface area contributed by atoms with Crippen LogP contribution < -0.4 is 0 Å². The Morgan fingerprint density at radius 3 is 2.23 bits per heavy atom. The summed E-state index contributed by atoms with van der Waals surface area (Å²) in [6.07, 6.45) is 4.95. The van der Waals surface area contributed by atoms with E-state index in [9.17, 15) is 4.39 Å². The lowest BCUT2D eigenvalue weighted by atomic mass is 9.73. The van der Waals surface area contributed by atoms with Gasteiger partial charge in [-0.05, 0) is 70.6 Å². The molecular formula is C19H35FO2. The maximum absolute atomic E-state index is 14.2. The van der Waals surface area contributed by atoms with E-state index in [4.69, 9.17) is 9.47 Å². The predicted octanol–water partition coefficient (Wildman–Crippen LogP) is 5.15. The minimum absolute atomic E-state index is 0.0473. The van der Waals surface area contributed by atoms with Gasteiger partial charge in [0.1, 0.15) is 0 Å². The van der Waals surface area contributed by atoms with E-state index in [1.54, 1.807) is 0 Å². The molecule has 0 aliphatic carbocycles. The minimum atomic E-state index is -1.06. The third-order valence-electron chi connectivity index (χ3n) is 5.52. The first-order valence-electron chi connectivity index (χ1n) is 8.99. The first kappa shape index (κ1) is 18.2. The fourth-order valence-corrected chi connectivity index (χ4v) is 4.35. The van der Waals surface area contributed by atoms with E-state index in [1.807, 2.05) is 0 Å². The fraction of sp³-hybridized carbons (Fsp3) is 1.00. The third-order valence-corrected chi connectivity index (χ3v) is 5.52. The zero-order chi connectivity index (χ0) is 16.6. The topological polar surface area (TPSA) is 18.5 Å². The van der Waals surface area contributed by atoms with E-state index in [-0.39, 0.29) is 24.4 Å². The molecule has 3 unspecified atom stereocenters. The van der Waals surface area contributed by atoms with E-state index < -0.39 is 5.67 Å². The molecule has 2 saturated heterocycles. The quantitative estimate of drug-likeness (QED) is 0.675. The van der Waals surface area contributed by atoms with Gasteiger partial charge in [0.05, 0.1) is 24.4 Å². The molecule has 3 atom stereocenters. The third kappa shape index (κ3) is 4.67. The second kappa shape index (κ2) is 6.39. The van der Waals surface area contributed by atoms with Gasteiger partial charge in [-0.2, -0.15) is 0 Å². The number of halogens is 1. The van der Waals surface area contributed by atoms with Crippen LogP contribution in [0.15, 0.2) is 0 Å². The summed E-state index contributed by atoms with van der Waals surface area (Å²) in [4.78, 5) is 0. The van der Waals surface area contributed by atoms with Gasteiger partial charge in [0.15, 0.2) is 5.67 Å². The Labute approximate surface area is 136 Å². The van der Waals surface area contributed by atoms with Crippen molar-refractivity contribution in [2.24, 2.45) is 17.8 Å². The van der Waals surface area contributed by atoms with E-state index in [0.29, 0.717) is 18.3 Å². The average Bonchev–Trinajstić information content (AvgIpc) is 2.32. The van der Waals surface area contributed by atoms with Crippen molar-refractivity contribution in [3.8, 4) is 0 Å². The monoisotopic (exact) mass is 314 g/mol. The molecule has 0 N–H and O–H groups in total. The van der Waals surface area contributed by atoms with E-state index >= 15 is 0 Å². The van der Waals surface area contributed by atoms with Gasteiger partial charge in [-0.25, -0.2) is 4.39 Å². The van der Waals surface area contributed by atoms with Crippen molar-refractivity contribution in [1.29, 1.82) is 0 Å². The van der Waals surface area contributed by atoms with Crippen LogP contribution in [0.4, 0.5) is 4.39 Å². The molecular weight excluding hydrogens is 279 g/mol. The smallest absolute Gasteiger partial charge is 0.157 e. The molecule has 0 aromatic carbocycles. The highest BCUT2D eigenvalue weighted by molar-refractivity contribution is 4.93. The van der Waals surface area contributed by atoms with E-state index in [0.717, 1.165) is 31.6 Å². The van der Waals surface area contributed by atoms with Crippen LogP contribution in [0.3, 0.4) is 0 Å². The Balaban J connectivity index is 1.88. The molecule has 0 radical (unpaired) electrons. The molecule has 2 aliphatic rings. The normalized spacial score (nSPS) is 35.2. The largest absolute Gasteiger partial charge is 0.375 e. The van der Waals surface area contributed by atoms with Gasteiger partial charge in [-0.15, -0.1) is 0 Å². The van der Waals surface area contributed by atoms with Gasteiger partial charge in [-0.1, -0.05) is 20.8 Å². The minimum Gasteiger partial charge on any atom is -0.375 e. The van der Waals surface area contributed by atoms with Crippen LogP contribution in [0.1, 0.15) is 73.6 Å². The van der Waals surface area contributed by atoms with Gasteiger partial charge >= 0.3 is 0 Å². The molecule has 3 heteroatoms. The summed E-state index contributed by atoms with van der Waals surface area (Å²) < 4.78 is 25.6. The molecule has 0 aromatic rings. The van der Waals surface area contributed by atoms with Crippen LogP contribution in [0, 0.1) is 17.8 Å². The fourth-order valence-electron chi connectivity index (χ4n) is 4.35. The summed E-state index contributed by atoms with van der Waals surface area (Å²) in [5.41, 5.74) is -1.17. The Kier molecular flexibility index (Phi) is 5.29. The van der Waals surface area contributed by atoms with Gasteiger partial charge in [0, 0.05) is 0 Å². The van der Waals surface area contributed by atoms with Crippen molar-refractivity contribution in [2.75, 3.05) is 13.2 Å². The zero-order valence-corrected chi connectivity index (χ0v) is 15.4. The molecule has 0 saturated carbocycles. The number of rotatable bonds is 6. The lowest BCUT2D eigenvalue weighted by molar-refractivity contribution is -0.191. The van der Waals surface area contributed by atoms with Gasteiger partial charge in [0.25, 0.3) is 0 Å². The van der Waals surface area contributed by atoms with Crippen LogP contribution in [0.5, 0.6) is 0 Å². The highest BCUT2D eigenvalue weighted by atomic mass is 19.1. The highest BCUT2D eigenvalue weighted by Crippen LogP contribution is 2.44. The molecule has 130 valence electrons. The van der Waals surface area contributed by atoms with Gasteiger partial charge < -0.3 is 9.47 Å². The van der Waals surface area contributed by atoms with Crippen molar-refractivity contribution in [2.45, 2.75) is 90.5 Å². The number of hydrogen-bond acceptors (Lipinski definition) is 2. The first-order valence-corrected chi connectivity index (χ1v) is 8.99. The van der Waals surface area contributed by atoms with Crippen molar-refractivity contribution in [3.63, 3.8) is 0 Å². The van der Waals surface area contributed by atoms with Crippen molar-refractivity contribution < 1.29 is 13.9 Å². The van der Waals surface area contributed by atoms with E-state index in [2.05, 4.69) is 41.5 Å². The first-order chi connectivity index (χ1) is 10.0. The van der Waals surface area contributed by atoms with Crippen LogP contribution >= 0.6 is 0 Å². The van der Waals surface area contributed by atoms with Gasteiger partial charge in [0.2, 0.25) is 0 Å². The van der Waals surface area contributed by atoms with Crippen LogP contribution in [0.25, 0.3) is 0 Å². The Morgan fingerprint density at radius 2 is 1.73 bits per heavy atom. The highest BCUT2D eigenvalue weighted by Gasteiger charge is 2.44. The summed E-state index contributed by atoms with van der Waals surface area (Å²) in [5.74, 6) is 1.80. The molecule has 2 fully saturated rings. The average molecular weight is 314 g/mol. The molecule has 0 spiro atoms. The summed E-state index contributed by atoms with van der Waals surface area (Å²) in [7, 11) is 0. The van der Waals surface area contributed by atoms with Crippen LogP contribution in [-0.2, 0) is 9.47 Å². The second-order valence-electron chi connectivity index (χ2n) is 9.22.